The van der Waals surface area contributed by atoms with Crippen LogP contribution in [0.1, 0.15) is 118 Å². The molecule has 0 fully saturated rings. The SMILES string of the molecule is CCCCC(CC)COCC(O)C/N=C(\C)C(CC(O)C(C)(C)NC(O)COCC(CC)CCCC)c1ccccc1. The molecule has 0 radical (unpaired) electrons. The number of unbranched alkanes of at least 4 members (excludes halogenated alkanes) is 2. The first kappa shape index (κ1) is 38.7. The van der Waals surface area contributed by atoms with Gasteiger partial charge in [-0.25, -0.2) is 0 Å². The average Bonchev–Trinajstić information content (AvgIpc) is 2.98. The number of aliphatic imine (C=N–C) groups is 1. The number of aliphatic hydroxyl groups excluding tert-OH is 3. The maximum Gasteiger partial charge on any atom is 0.129 e. The van der Waals surface area contributed by atoms with Crippen molar-refractivity contribution in [3.63, 3.8) is 0 Å². The molecule has 0 heterocycles. The standard InChI is InChI=1S/C35H64N2O5/c1-8-12-17-28(10-3)23-41-25-31(38)22-36-27(5)32(30-19-15-14-16-20-30)21-33(39)35(6,7)37-34(40)26-42-24-29(11-4)18-13-9-2/h14-16,19-20,28-29,31-34,37-40H,8-13,17-18,21-26H2,1-7H3/b36-27+. The number of ether oxygens (including phenoxy) is 2. The summed E-state index contributed by atoms with van der Waals surface area (Å²) in [5.41, 5.74) is 1.15. The van der Waals surface area contributed by atoms with Gasteiger partial charge in [0, 0.05) is 30.4 Å². The van der Waals surface area contributed by atoms with Crippen LogP contribution in [0.15, 0.2) is 35.3 Å². The molecular formula is C35H64N2O5. The molecular weight excluding hydrogens is 528 g/mol. The van der Waals surface area contributed by atoms with Crippen molar-refractivity contribution in [2.24, 2.45) is 16.8 Å². The summed E-state index contributed by atoms with van der Waals surface area (Å²) in [5, 5.41) is 35.7. The van der Waals surface area contributed by atoms with Gasteiger partial charge in [0.25, 0.3) is 0 Å². The fourth-order valence-corrected chi connectivity index (χ4v) is 5.24. The van der Waals surface area contributed by atoms with Gasteiger partial charge in [-0.05, 0) is 57.4 Å². The monoisotopic (exact) mass is 592 g/mol. The molecule has 0 saturated carbocycles. The molecule has 0 amide bonds. The van der Waals surface area contributed by atoms with Gasteiger partial charge in [0.15, 0.2) is 0 Å². The van der Waals surface area contributed by atoms with Gasteiger partial charge >= 0.3 is 0 Å². The van der Waals surface area contributed by atoms with Crippen LogP contribution in [0.25, 0.3) is 0 Å². The van der Waals surface area contributed by atoms with Crippen molar-refractivity contribution in [2.75, 3.05) is 33.0 Å². The highest BCUT2D eigenvalue weighted by molar-refractivity contribution is 5.88. The predicted octanol–water partition coefficient (Wildman–Crippen LogP) is 6.50. The fraction of sp³-hybridized carbons (Fsp3) is 0.800. The van der Waals surface area contributed by atoms with E-state index in [1.165, 1.54) is 25.7 Å². The molecule has 0 saturated heterocycles. The molecule has 0 spiro atoms. The summed E-state index contributed by atoms with van der Waals surface area (Å²) in [6.45, 7) is 16.5. The molecule has 4 N–H and O–H groups in total. The van der Waals surface area contributed by atoms with E-state index in [1.54, 1.807) is 0 Å². The van der Waals surface area contributed by atoms with E-state index in [1.807, 2.05) is 51.1 Å². The Bertz CT molecular complexity index is 819. The lowest BCUT2D eigenvalue weighted by molar-refractivity contribution is -0.0312. The summed E-state index contributed by atoms with van der Waals surface area (Å²) in [4.78, 5) is 4.74. The molecule has 7 heteroatoms. The number of hydrogen-bond donors (Lipinski definition) is 4. The highest BCUT2D eigenvalue weighted by Gasteiger charge is 2.33. The fourth-order valence-electron chi connectivity index (χ4n) is 5.24. The Morgan fingerprint density at radius 3 is 1.90 bits per heavy atom. The third-order valence-corrected chi connectivity index (χ3v) is 8.47. The second kappa shape index (κ2) is 22.2. The van der Waals surface area contributed by atoms with E-state index in [0.717, 1.165) is 37.0 Å². The van der Waals surface area contributed by atoms with E-state index >= 15 is 0 Å². The summed E-state index contributed by atoms with van der Waals surface area (Å²) >= 11 is 0. The Morgan fingerprint density at radius 2 is 1.38 bits per heavy atom. The summed E-state index contributed by atoms with van der Waals surface area (Å²) in [7, 11) is 0. The third kappa shape index (κ3) is 15.9. The summed E-state index contributed by atoms with van der Waals surface area (Å²) in [5.74, 6) is 0.910. The van der Waals surface area contributed by atoms with Crippen LogP contribution < -0.4 is 5.32 Å². The Morgan fingerprint density at radius 1 is 0.833 bits per heavy atom. The summed E-state index contributed by atoms with van der Waals surface area (Å²) < 4.78 is 11.7. The van der Waals surface area contributed by atoms with E-state index in [9.17, 15) is 15.3 Å². The van der Waals surface area contributed by atoms with Gasteiger partial charge in [-0.2, -0.15) is 0 Å². The molecule has 0 aliphatic carbocycles. The van der Waals surface area contributed by atoms with Crippen molar-refractivity contribution in [2.45, 2.75) is 136 Å². The Balaban J connectivity index is 2.74. The van der Waals surface area contributed by atoms with Crippen molar-refractivity contribution in [3.05, 3.63) is 35.9 Å². The molecule has 0 aliphatic rings. The quantitative estimate of drug-likeness (QED) is 0.0764. The minimum atomic E-state index is -0.882. The van der Waals surface area contributed by atoms with Crippen LogP contribution in [0, 0.1) is 11.8 Å². The van der Waals surface area contributed by atoms with Crippen molar-refractivity contribution in [1.29, 1.82) is 0 Å². The first-order chi connectivity index (χ1) is 20.1. The first-order valence-electron chi connectivity index (χ1n) is 16.6. The second-order valence-corrected chi connectivity index (χ2v) is 12.6. The zero-order chi connectivity index (χ0) is 31.4. The van der Waals surface area contributed by atoms with Gasteiger partial charge in [-0.3, -0.25) is 10.3 Å². The topological polar surface area (TPSA) is 104 Å². The first-order valence-corrected chi connectivity index (χ1v) is 16.6. The van der Waals surface area contributed by atoms with Crippen molar-refractivity contribution < 1.29 is 24.8 Å². The zero-order valence-electron chi connectivity index (χ0n) is 27.9. The van der Waals surface area contributed by atoms with Crippen molar-refractivity contribution in [1.82, 2.24) is 5.32 Å². The molecule has 6 atom stereocenters. The Hall–Kier alpha value is -1.35. The summed E-state index contributed by atoms with van der Waals surface area (Å²) in [6.07, 6.45) is 7.32. The van der Waals surface area contributed by atoms with Crippen LogP contribution in [0.4, 0.5) is 0 Å². The van der Waals surface area contributed by atoms with Crippen LogP contribution in [0.5, 0.6) is 0 Å². The molecule has 7 nitrogen and oxygen atoms in total. The lowest BCUT2D eigenvalue weighted by atomic mass is 9.83. The molecule has 6 unspecified atom stereocenters. The molecule has 0 aliphatic heterocycles. The Labute approximate surface area is 257 Å². The van der Waals surface area contributed by atoms with Gasteiger partial charge in [0.05, 0.1) is 32.0 Å². The minimum absolute atomic E-state index is 0.133. The van der Waals surface area contributed by atoms with Crippen LogP contribution in [0.2, 0.25) is 0 Å². The van der Waals surface area contributed by atoms with Crippen molar-refractivity contribution in [3.8, 4) is 0 Å². The number of hydrogen-bond acceptors (Lipinski definition) is 7. The normalized spacial score (nSPS) is 17.0. The number of nitrogens with zero attached hydrogens (tertiary/aromatic N) is 1. The second-order valence-electron chi connectivity index (χ2n) is 12.6. The lowest BCUT2D eigenvalue weighted by Gasteiger charge is -2.36. The zero-order valence-corrected chi connectivity index (χ0v) is 27.9. The molecule has 1 rings (SSSR count). The van der Waals surface area contributed by atoms with Gasteiger partial charge in [0.2, 0.25) is 0 Å². The molecule has 42 heavy (non-hydrogen) atoms. The predicted molar refractivity (Wildman–Crippen MR) is 175 cm³/mol. The minimum Gasteiger partial charge on any atom is -0.391 e. The van der Waals surface area contributed by atoms with Crippen LogP contribution in [-0.4, -0.2) is 78.0 Å². The molecule has 244 valence electrons. The van der Waals surface area contributed by atoms with Crippen LogP contribution >= 0.6 is 0 Å². The van der Waals surface area contributed by atoms with Gasteiger partial charge in [-0.1, -0.05) is 96.6 Å². The van der Waals surface area contributed by atoms with E-state index in [0.29, 0.717) is 31.5 Å². The average molecular weight is 593 g/mol. The molecule has 1 aromatic rings. The number of nitrogens with one attached hydrogen (secondary N) is 1. The number of rotatable bonds is 25. The number of benzene rings is 1. The summed E-state index contributed by atoms with van der Waals surface area (Å²) in [6, 6.07) is 10.0. The maximum absolute atomic E-state index is 11.3. The van der Waals surface area contributed by atoms with Gasteiger partial charge in [-0.15, -0.1) is 0 Å². The van der Waals surface area contributed by atoms with Crippen LogP contribution in [-0.2, 0) is 9.47 Å². The number of aliphatic hydroxyl groups is 3. The Kier molecular flexibility index (Phi) is 20.4. The third-order valence-electron chi connectivity index (χ3n) is 8.47. The van der Waals surface area contributed by atoms with E-state index in [-0.39, 0.29) is 25.7 Å². The molecule has 0 aromatic heterocycles. The smallest absolute Gasteiger partial charge is 0.129 e. The molecule has 0 bridgehead atoms. The van der Waals surface area contributed by atoms with Gasteiger partial charge in [0.1, 0.15) is 6.23 Å². The maximum atomic E-state index is 11.3. The molecule has 1 aromatic carbocycles. The van der Waals surface area contributed by atoms with E-state index < -0.39 is 24.0 Å². The highest BCUT2D eigenvalue weighted by atomic mass is 16.5. The van der Waals surface area contributed by atoms with Crippen molar-refractivity contribution >= 4 is 5.71 Å². The van der Waals surface area contributed by atoms with E-state index in [4.69, 9.17) is 14.5 Å². The van der Waals surface area contributed by atoms with Gasteiger partial charge < -0.3 is 24.8 Å². The highest BCUT2D eigenvalue weighted by Crippen LogP contribution is 2.27. The largest absolute Gasteiger partial charge is 0.391 e. The van der Waals surface area contributed by atoms with E-state index in [2.05, 4.69) is 33.0 Å². The van der Waals surface area contributed by atoms with Crippen LogP contribution in [0.3, 0.4) is 0 Å². The lowest BCUT2D eigenvalue weighted by Crippen LogP contribution is -2.55.